The topological polar surface area (TPSA) is 112 Å². The van der Waals surface area contributed by atoms with Gasteiger partial charge in [0.05, 0.1) is 24.4 Å². The number of ether oxygens (including phenoxy) is 4. The first-order valence-corrected chi connectivity index (χ1v) is 16.7. The molecule has 2 bridgehead atoms. The van der Waals surface area contributed by atoms with E-state index in [0.29, 0.717) is 36.3 Å². The lowest BCUT2D eigenvalue weighted by Crippen LogP contribution is -2.59. The lowest BCUT2D eigenvalue weighted by Gasteiger charge is -2.53. The van der Waals surface area contributed by atoms with Crippen molar-refractivity contribution in [3.8, 4) is 0 Å². The molecule has 44 heavy (non-hydrogen) atoms. The van der Waals surface area contributed by atoms with Crippen LogP contribution in [0.2, 0.25) is 0 Å². The third-order valence-electron chi connectivity index (χ3n) is 10.9. The molecule has 0 amide bonds. The van der Waals surface area contributed by atoms with Gasteiger partial charge in [-0.1, -0.05) is 56.6 Å². The molecular weight excluding hydrogens is 560 g/mol. The molecule has 0 aromatic rings. The van der Waals surface area contributed by atoms with Gasteiger partial charge in [-0.2, -0.15) is 0 Å². The first kappa shape index (κ1) is 33.3. The van der Waals surface area contributed by atoms with E-state index in [-0.39, 0.29) is 49.3 Å². The molecule has 0 aromatic heterocycles. The van der Waals surface area contributed by atoms with Crippen molar-refractivity contribution >= 4 is 11.8 Å². The molecule has 0 aromatic carbocycles. The molecule has 1 saturated carbocycles. The minimum absolute atomic E-state index is 0.00989. The second-order valence-electron chi connectivity index (χ2n) is 14.0. The number of aliphatic hydroxyl groups excluding tert-OH is 1. The summed E-state index contributed by atoms with van der Waals surface area (Å²) in [5, 5.41) is 23.4. The van der Waals surface area contributed by atoms with Crippen LogP contribution in [0.1, 0.15) is 98.3 Å². The molecule has 0 unspecified atom stereocenters. The Labute approximate surface area is 262 Å². The highest BCUT2D eigenvalue weighted by Crippen LogP contribution is 2.47. The van der Waals surface area contributed by atoms with Crippen molar-refractivity contribution in [1.82, 2.24) is 0 Å². The Balaban J connectivity index is 1.50. The third-order valence-corrected chi connectivity index (χ3v) is 10.9. The largest absolute Gasteiger partial charge is 0.462 e. The average Bonchev–Trinajstić information content (AvgIpc) is 3.00. The van der Waals surface area contributed by atoms with Gasteiger partial charge in [-0.25, -0.2) is 0 Å². The summed E-state index contributed by atoms with van der Waals surface area (Å²) in [5.41, 5.74) is 0.581. The van der Waals surface area contributed by atoms with Gasteiger partial charge in [-0.05, 0) is 62.7 Å². The van der Waals surface area contributed by atoms with Crippen molar-refractivity contribution in [3.05, 3.63) is 47.1 Å². The van der Waals surface area contributed by atoms with Crippen molar-refractivity contribution in [2.24, 2.45) is 17.8 Å². The predicted molar refractivity (Wildman–Crippen MR) is 166 cm³/mol. The number of methoxy groups -OCH3 is 1. The van der Waals surface area contributed by atoms with Crippen LogP contribution in [-0.4, -0.2) is 71.0 Å². The fraction of sp³-hybridized carbons (Fsp3) is 0.722. The van der Waals surface area contributed by atoms with Gasteiger partial charge in [0.2, 0.25) is 0 Å². The number of Topliss-reactive ketones (excluding diaryl/α,β-unsaturated/α-hetero) is 1. The molecule has 1 spiro atoms. The number of carbonyl (C=O) groups is 2. The quantitative estimate of drug-likeness (QED) is 0.304. The van der Waals surface area contributed by atoms with Crippen molar-refractivity contribution in [2.45, 2.75) is 140 Å². The smallest absolute Gasteiger partial charge is 0.316 e. The Morgan fingerprint density at radius 1 is 1.00 bits per heavy atom. The van der Waals surface area contributed by atoms with E-state index in [4.69, 9.17) is 18.9 Å². The molecule has 0 radical (unpaired) electrons. The molecule has 5 rings (SSSR count). The van der Waals surface area contributed by atoms with Crippen LogP contribution >= 0.6 is 0 Å². The number of aliphatic hydroxyl groups is 2. The van der Waals surface area contributed by atoms with Crippen LogP contribution in [0.5, 0.6) is 0 Å². The lowest BCUT2D eigenvalue weighted by atomic mass is 9.71. The number of allylic oxidation sites excluding steroid dienone is 4. The molecule has 2 aliphatic carbocycles. The number of hydrogen-bond donors (Lipinski definition) is 2. The molecule has 2 saturated heterocycles. The fourth-order valence-corrected chi connectivity index (χ4v) is 8.05. The van der Waals surface area contributed by atoms with Gasteiger partial charge >= 0.3 is 5.97 Å². The SMILES string of the molecule is CO[C@H]1C[C@@]2(O)/C(C)=C\C=C/CC(=O)/C(C)=C\C[C@@H]3C[C@@H](C[C@]4(C[C@H](O)[C@H](C)[C@H](C5CCCCC5)O4)O3)OC(=O)[C@@H]2C=C1C. The van der Waals surface area contributed by atoms with E-state index < -0.39 is 35.5 Å². The zero-order chi connectivity index (χ0) is 31.6. The molecule has 8 nitrogen and oxygen atoms in total. The Morgan fingerprint density at radius 2 is 1.75 bits per heavy atom. The van der Waals surface area contributed by atoms with Gasteiger partial charge in [0.25, 0.3) is 0 Å². The second kappa shape index (κ2) is 13.7. The first-order valence-electron chi connectivity index (χ1n) is 16.7. The Hall–Kier alpha value is -2.10. The molecule has 5 aliphatic rings. The summed E-state index contributed by atoms with van der Waals surface area (Å²) in [7, 11) is 1.60. The normalized spacial score (nSPS) is 44.4. The standard InChI is InChI=1S/C36H52O8/c1-22-15-16-27-18-28(19-35(43-27)20-31(38)25(4)33(44-35)26-12-7-6-8-13-26)42-34(39)29-17-23(2)32(41-5)21-36(29,40)24(3)11-9-10-14-30(22)37/h9-11,15,17,25-29,31-33,38,40H,6-8,12-14,16,18-21H2,1-5H3/b10-9-,22-15-,24-11-/t25-,27+,28-,29-,31-,32-,33+,35-,36+/m0/s1. The monoisotopic (exact) mass is 612 g/mol. The van der Waals surface area contributed by atoms with Crippen LogP contribution in [-0.2, 0) is 28.5 Å². The lowest BCUT2D eigenvalue weighted by molar-refractivity contribution is -0.355. The number of hydrogen-bond acceptors (Lipinski definition) is 8. The summed E-state index contributed by atoms with van der Waals surface area (Å²) in [5.74, 6) is -2.20. The summed E-state index contributed by atoms with van der Waals surface area (Å²) in [6, 6.07) is 0. The summed E-state index contributed by atoms with van der Waals surface area (Å²) in [4.78, 5) is 27.0. The molecule has 244 valence electrons. The van der Waals surface area contributed by atoms with Crippen LogP contribution in [0, 0.1) is 17.8 Å². The molecule has 2 N–H and O–H groups in total. The maximum Gasteiger partial charge on any atom is 0.316 e. The first-order chi connectivity index (χ1) is 20.9. The fourth-order valence-electron chi connectivity index (χ4n) is 8.05. The Morgan fingerprint density at radius 3 is 2.48 bits per heavy atom. The van der Waals surface area contributed by atoms with Gasteiger partial charge in [0.1, 0.15) is 17.6 Å². The zero-order valence-corrected chi connectivity index (χ0v) is 27.1. The van der Waals surface area contributed by atoms with Gasteiger partial charge < -0.3 is 29.2 Å². The van der Waals surface area contributed by atoms with Gasteiger partial charge in [0.15, 0.2) is 11.6 Å². The Kier molecular flexibility index (Phi) is 10.4. The highest BCUT2D eigenvalue weighted by atomic mass is 16.7. The maximum atomic E-state index is 14.0. The molecule has 3 aliphatic heterocycles. The van der Waals surface area contributed by atoms with Crippen LogP contribution in [0.15, 0.2) is 47.1 Å². The van der Waals surface area contributed by atoms with Crippen molar-refractivity contribution in [3.63, 3.8) is 0 Å². The van der Waals surface area contributed by atoms with Crippen LogP contribution < -0.4 is 0 Å². The number of esters is 1. The molecule has 8 heteroatoms. The molecule has 9 atom stereocenters. The summed E-state index contributed by atoms with van der Waals surface area (Å²) in [6.07, 6.45) is 14.6. The number of carbonyl (C=O) groups excluding carboxylic acids is 2. The van der Waals surface area contributed by atoms with Crippen LogP contribution in [0.4, 0.5) is 0 Å². The second-order valence-corrected chi connectivity index (χ2v) is 14.0. The molecule has 3 heterocycles. The van der Waals surface area contributed by atoms with E-state index in [1.165, 1.54) is 6.42 Å². The summed E-state index contributed by atoms with van der Waals surface area (Å²) >= 11 is 0. The van der Waals surface area contributed by atoms with Crippen molar-refractivity contribution < 1.29 is 38.7 Å². The number of rotatable bonds is 2. The zero-order valence-electron chi connectivity index (χ0n) is 27.1. The minimum Gasteiger partial charge on any atom is -0.462 e. The van der Waals surface area contributed by atoms with E-state index >= 15 is 0 Å². The third kappa shape index (κ3) is 7.00. The average molecular weight is 613 g/mol. The van der Waals surface area contributed by atoms with E-state index in [2.05, 4.69) is 6.92 Å². The highest BCUT2D eigenvalue weighted by molar-refractivity contribution is 5.95. The summed E-state index contributed by atoms with van der Waals surface area (Å²) < 4.78 is 25.5. The van der Waals surface area contributed by atoms with Gasteiger partial charge in [-0.3, -0.25) is 9.59 Å². The summed E-state index contributed by atoms with van der Waals surface area (Å²) in [6.45, 7) is 7.58. The number of fused-ring (bicyclic) bond motifs is 3. The van der Waals surface area contributed by atoms with Gasteiger partial charge in [-0.15, -0.1) is 0 Å². The van der Waals surface area contributed by atoms with E-state index in [0.717, 1.165) is 31.3 Å². The van der Waals surface area contributed by atoms with Crippen LogP contribution in [0.3, 0.4) is 0 Å². The van der Waals surface area contributed by atoms with Crippen LogP contribution in [0.25, 0.3) is 0 Å². The highest BCUT2D eigenvalue weighted by Gasteiger charge is 2.54. The minimum atomic E-state index is -1.53. The van der Waals surface area contributed by atoms with E-state index in [9.17, 15) is 19.8 Å². The maximum absolute atomic E-state index is 14.0. The molecular formula is C36H52O8. The van der Waals surface area contributed by atoms with E-state index in [1.807, 2.05) is 19.9 Å². The van der Waals surface area contributed by atoms with Gasteiger partial charge in [0, 0.05) is 45.1 Å². The van der Waals surface area contributed by atoms with Crippen molar-refractivity contribution in [1.29, 1.82) is 0 Å². The predicted octanol–water partition coefficient (Wildman–Crippen LogP) is 5.66. The van der Waals surface area contributed by atoms with E-state index in [1.54, 1.807) is 38.3 Å². The molecule has 3 fully saturated rings. The van der Waals surface area contributed by atoms with Crippen molar-refractivity contribution in [2.75, 3.05) is 7.11 Å². The number of ketones is 1. The Bertz CT molecular complexity index is 1190.